The fourth-order valence-corrected chi connectivity index (χ4v) is 5.36. The lowest BCUT2D eigenvalue weighted by Gasteiger charge is -2.19. The number of amides is 2. The highest BCUT2D eigenvalue weighted by Gasteiger charge is 2.56. The maximum atomic E-state index is 12.4. The van der Waals surface area contributed by atoms with Crippen LogP contribution in [-0.2, 0) is 0 Å². The monoisotopic (exact) mass is 554 g/mol. The molecule has 202 valence electrons. The zero-order valence-corrected chi connectivity index (χ0v) is 22.5. The summed E-state index contributed by atoms with van der Waals surface area (Å²) in [6, 6.07) is 14.7. The largest absolute Gasteiger partial charge is 0.454 e. The molecule has 3 heterocycles. The minimum atomic E-state index is -0.109. The normalized spacial score (nSPS) is 19.0. The van der Waals surface area contributed by atoms with Crippen LogP contribution in [0.3, 0.4) is 0 Å². The second-order valence-electron chi connectivity index (χ2n) is 10.0. The van der Waals surface area contributed by atoms with Crippen LogP contribution in [0.4, 0.5) is 16.3 Å². The van der Waals surface area contributed by atoms with Gasteiger partial charge in [-0.15, -0.1) is 0 Å². The van der Waals surface area contributed by atoms with Gasteiger partial charge < -0.3 is 25.4 Å². The van der Waals surface area contributed by atoms with Crippen molar-refractivity contribution in [3.63, 3.8) is 0 Å². The summed E-state index contributed by atoms with van der Waals surface area (Å²) in [5, 5.41) is 16.7. The van der Waals surface area contributed by atoms with Crippen molar-refractivity contribution in [2.24, 2.45) is 17.8 Å². The molecule has 0 radical (unpaired) electrons. The third-order valence-corrected chi connectivity index (χ3v) is 7.67. The number of aromatic nitrogens is 3. The van der Waals surface area contributed by atoms with Gasteiger partial charge in [0.2, 0.25) is 0 Å². The number of hydrogen-bond acceptors (Lipinski definition) is 7. The second-order valence-corrected chi connectivity index (χ2v) is 10.4. The van der Waals surface area contributed by atoms with Crippen molar-refractivity contribution in [3.05, 3.63) is 77.3 Å². The van der Waals surface area contributed by atoms with Crippen molar-refractivity contribution in [1.82, 2.24) is 25.2 Å². The molecule has 1 aliphatic carbocycles. The van der Waals surface area contributed by atoms with E-state index in [9.17, 15) is 9.90 Å². The fourth-order valence-electron chi connectivity index (χ4n) is 5.14. The zero-order chi connectivity index (χ0) is 27.6. The van der Waals surface area contributed by atoms with Crippen LogP contribution >= 0.6 is 11.6 Å². The minimum Gasteiger partial charge on any atom is -0.454 e. The highest BCUT2D eigenvalue weighted by atomic mass is 35.5. The maximum absolute atomic E-state index is 12.4. The summed E-state index contributed by atoms with van der Waals surface area (Å²) in [6.45, 7) is 3.79. The number of benzene rings is 2. The van der Waals surface area contributed by atoms with Crippen LogP contribution in [0.15, 0.2) is 61.1 Å². The molecule has 3 N–H and O–H groups in total. The van der Waals surface area contributed by atoms with Crippen LogP contribution in [0.25, 0.3) is 10.9 Å². The van der Waals surface area contributed by atoms with Crippen LogP contribution in [0.1, 0.15) is 11.3 Å². The summed E-state index contributed by atoms with van der Waals surface area (Å²) >= 11 is 6.50. The Morgan fingerprint density at radius 3 is 2.73 bits per heavy atom. The van der Waals surface area contributed by atoms with Gasteiger partial charge in [0.05, 0.1) is 23.3 Å². The van der Waals surface area contributed by atoms with E-state index in [4.69, 9.17) is 16.3 Å². The van der Waals surface area contributed by atoms with E-state index in [0.29, 0.717) is 53.2 Å². The van der Waals surface area contributed by atoms with Gasteiger partial charge >= 0.3 is 6.03 Å². The van der Waals surface area contributed by atoms with Crippen molar-refractivity contribution in [3.8, 4) is 23.3 Å². The SMILES string of the molecule is Cc1ccc(Oc2ccc(Nc3ncnc4ccc(C#CCNC(=O)N5CC6C(CO)C6C5)cc34)cc2Cl)cn1. The summed E-state index contributed by atoms with van der Waals surface area (Å²) in [5.41, 5.74) is 3.19. The molecule has 2 atom stereocenters. The van der Waals surface area contributed by atoms with Crippen molar-refractivity contribution in [2.45, 2.75) is 6.92 Å². The van der Waals surface area contributed by atoms with E-state index in [2.05, 4.69) is 37.4 Å². The van der Waals surface area contributed by atoms with Gasteiger partial charge in [-0.05, 0) is 73.2 Å². The van der Waals surface area contributed by atoms with Gasteiger partial charge in [-0.2, -0.15) is 0 Å². The average molecular weight is 555 g/mol. The predicted molar refractivity (Wildman–Crippen MR) is 153 cm³/mol. The number of nitrogens with zero attached hydrogens (tertiary/aromatic N) is 4. The number of anilines is 2. The lowest BCUT2D eigenvalue weighted by atomic mass is 10.1. The number of carbonyl (C=O) groups is 1. The van der Waals surface area contributed by atoms with Crippen LogP contribution in [0.5, 0.6) is 11.5 Å². The average Bonchev–Trinajstić information content (AvgIpc) is 3.43. The molecule has 1 saturated heterocycles. The van der Waals surface area contributed by atoms with Crippen LogP contribution < -0.4 is 15.4 Å². The molecule has 2 unspecified atom stereocenters. The number of urea groups is 1. The molecule has 2 amide bonds. The van der Waals surface area contributed by atoms with E-state index in [0.717, 1.165) is 27.8 Å². The van der Waals surface area contributed by atoms with E-state index in [1.807, 2.05) is 43.3 Å². The molecule has 4 aromatic rings. The molecule has 1 aliphatic heterocycles. The highest BCUT2D eigenvalue weighted by molar-refractivity contribution is 6.32. The van der Waals surface area contributed by atoms with Crippen LogP contribution in [-0.4, -0.2) is 57.2 Å². The van der Waals surface area contributed by atoms with E-state index in [1.54, 1.807) is 23.2 Å². The van der Waals surface area contributed by atoms with E-state index >= 15 is 0 Å². The molecule has 0 bridgehead atoms. The van der Waals surface area contributed by atoms with Crippen molar-refractivity contribution >= 4 is 40.0 Å². The van der Waals surface area contributed by atoms with Gasteiger partial charge in [-0.1, -0.05) is 23.4 Å². The Kier molecular flexibility index (Phi) is 7.11. The number of likely N-dealkylation sites (tertiary alicyclic amines) is 1. The quantitative estimate of drug-likeness (QED) is 0.295. The summed E-state index contributed by atoms with van der Waals surface area (Å²) in [4.78, 5) is 27.2. The Labute approximate surface area is 236 Å². The van der Waals surface area contributed by atoms with Crippen LogP contribution in [0, 0.1) is 36.5 Å². The number of nitrogens with one attached hydrogen (secondary N) is 2. The predicted octanol–water partition coefficient (Wildman–Crippen LogP) is 4.75. The maximum Gasteiger partial charge on any atom is 0.318 e. The van der Waals surface area contributed by atoms with Crippen molar-refractivity contribution in [2.75, 3.05) is 31.6 Å². The van der Waals surface area contributed by atoms with Gasteiger partial charge in [-0.3, -0.25) is 4.98 Å². The fraction of sp³-hybridized carbons (Fsp3) is 0.267. The number of ether oxygens (including phenoxy) is 1. The minimum absolute atomic E-state index is 0.109. The number of aryl methyl sites for hydroxylation is 1. The Morgan fingerprint density at radius 1 is 1.12 bits per heavy atom. The summed E-state index contributed by atoms with van der Waals surface area (Å²) in [6.07, 6.45) is 3.16. The molecule has 2 aromatic carbocycles. The third-order valence-electron chi connectivity index (χ3n) is 7.37. The molecule has 0 spiro atoms. The molecular formula is C30H27ClN6O3. The first-order chi connectivity index (χ1) is 19.5. The van der Waals surface area contributed by atoms with Crippen molar-refractivity contribution < 1.29 is 14.6 Å². The van der Waals surface area contributed by atoms with Gasteiger partial charge in [0.25, 0.3) is 0 Å². The number of piperidine rings is 1. The summed E-state index contributed by atoms with van der Waals surface area (Å²) in [5.74, 6) is 9.13. The highest BCUT2D eigenvalue weighted by Crippen LogP contribution is 2.51. The molecule has 9 nitrogen and oxygen atoms in total. The Bertz CT molecular complexity index is 1620. The second kappa shape index (κ2) is 11.0. The molecule has 6 rings (SSSR count). The number of hydrogen-bond donors (Lipinski definition) is 3. The van der Waals surface area contributed by atoms with E-state index < -0.39 is 0 Å². The zero-order valence-electron chi connectivity index (χ0n) is 21.8. The van der Waals surface area contributed by atoms with Crippen LogP contribution in [0.2, 0.25) is 5.02 Å². The van der Waals surface area contributed by atoms with Gasteiger partial charge in [-0.25, -0.2) is 14.8 Å². The number of rotatable bonds is 6. The molecule has 2 aromatic heterocycles. The first-order valence-electron chi connectivity index (χ1n) is 13.0. The summed E-state index contributed by atoms with van der Waals surface area (Å²) < 4.78 is 5.86. The lowest BCUT2D eigenvalue weighted by molar-refractivity contribution is 0.192. The standard InChI is InChI=1S/C30H27ClN6O3/c1-18-4-7-21(13-33-18)40-28-9-6-20(12-26(28)31)36-29-22-11-19(5-8-27(22)34-17-35-29)3-2-10-32-30(39)37-14-23-24(15-37)25(23)16-38/h4-9,11-13,17,23-25,38H,10,14-16H2,1H3,(H,32,39)(H,34,35,36). The van der Waals surface area contributed by atoms with Crippen molar-refractivity contribution in [1.29, 1.82) is 0 Å². The molecule has 1 saturated carbocycles. The topological polar surface area (TPSA) is 112 Å². The Balaban J connectivity index is 1.10. The Hall–Kier alpha value is -4.39. The first kappa shape index (κ1) is 25.9. The number of aliphatic hydroxyl groups is 1. The van der Waals surface area contributed by atoms with E-state index in [-0.39, 0.29) is 19.2 Å². The van der Waals surface area contributed by atoms with Gasteiger partial charge in [0.15, 0.2) is 0 Å². The molecule has 2 aliphatic rings. The summed E-state index contributed by atoms with van der Waals surface area (Å²) in [7, 11) is 0. The molecule has 2 fully saturated rings. The van der Waals surface area contributed by atoms with Gasteiger partial charge in [0.1, 0.15) is 23.6 Å². The smallest absolute Gasteiger partial charge is 0.318 e. The first-order valence-corrected chi connectivity index (χ1v) is 13.4. The number of carbonyl (C=O) groups excluding carboxylic acids is 1. The lowest BCUT2D eigenvalue weighted by Crippen LogP contribution is -2.40. The number of halogens is 1. The number of pyridine rings is 1. The number of fused-ring (bicyclic) bond motifs is 2. The molecule has 10 heteroatoms. The third kappa shape index (κ3) is 5.50. The van der Waals surface area contributed by atoms with Gasteiger partial charge in [0, 0.05) is 42.0 Å². The Morgan fingerprint density at radius 2 is 1.98 bits per heavy atom. The molecular weight excluding hydrogens is 528 g/mol. The van der Waals surface area contributed by atoms with E-state index in [1.165, 1.54) is 6.33 Å². The molecule has 40 heavy (non-hydrogen) atoms. The number of aliphatic hydroxyl groups excluding tert-OH is 1.